The van der Waals surface area contributed by atoms with Crippen molar-refractivity contribution in [3.05, 3.63) is 64.0 Å². The zero-order chi connectivity index (χ0) is 25.4. The summed E-state index contributed by atoms with van der Waals surface area (Å²) in [7, 11) is 4.44. The predicted octanol–water partition coefficient (Wildman–Crippen LogP) is 3.55. The highest BCUT2D eigenvalue weighted by atomic mass is 16.5. The van der Waals surface area contributed by atoms with E-state index in [2.05, 4.69) is 5.32 Å². The first-order chi connectivity index (χ1) is 16.8. The van der Waals surface area contributed by atoms with E-state index in [0.717, 1.165) is 5.56 Å². The molecule has 0 fully saturated rings. The van der Waals surface area contributed by atoms with Gasteiger partial charge in [0.2, 0.25) is 0 Å². The van der Waals surface area contributed by atoms with Gasteiger partial charge in [0.05, 0.1) is 34.5 Å². The van der Waals surface area contributed by atoms with E-state index in [9.17, 15) is 14.4 Å². The molecule has 0 aliphatic heterocycles. The van der Waals surface area contributed by atoms with E-state index in [0.29, 0.717) is 40.3 Å². The number of esters is 1. The summed E-state index contributed by atoms with van der Waals surface area (Å²) in [4.78, 5) is 38.0. The number of nitrogens with one attached hydrogen (secondary N) is 1. The lowest BCUT2D eigenvalue weighted by molar-refractivity contribution is -0.142. The van der Waals surface area contributed by atoms with Gasteiger partial charge in [0.25, 0.3) is 0 Å². The van der Waals surface area contributed by atoms with Crippen LogP contribution >= 0.6 is 0 Å². The van der Waals surface area contributed by atoms with Gasteiger partial charge in [-0.15, -0.1) is 0 Å². The van der Waals surface area contributed by atoms with Crippen LogP contribution in [0.5, 0.6) is 11.5 Å². The van der Waals surface area contributed by atoms with E-state index in [1.165, 1.54) is 13.2 Å². The Hall–Kier alpha value is -4.05. The molecule has 0 unspecified atom stereocenters. The lowest BCUT2D eigenvalue weighted by Crippen LogP contribution is -2.30. The highest BCUT2D eigenvalue weighted by molar-refractivity contribution is 5.90. The van der Waals surface area contributed by atoms with Crippen molar-refractivity contribution in [2.24, 2.45) is 0 Å². The summed E-state index contributed by atoms with van der Waals surface area (Å²) in [5.41, 5.74) is 1.66. The number of methoxy groups -OCH3 is 3. The monoisotopic (exact) mass is 484 g/mol. The van der Waals surface area contributed by atoms with Crippen molar-refractivity contribution in [1.82, 2.24) is 4.90 Å². The molecule has 0 radical (unpaired) electrons. The summed E-state index contributed by atoms with van der Waals surface area (Å²) in [5.74, 6) is 0.808. The summed E-state index contributed by atoms with van der Waals surface area (Å²) < 4.78 is 25.8. The third-order valence-corrected chi connectivity index (χ3v) is 5.14. The number of anilines is 1. The van der Waals surface area contributed by atoms with Crippen LogP contribution < -0.4 is 20.4 Å². The van der Waals surface area contributed by atoms with Crippen LogP contribution in [0, 0.1) is 0 Å². The summed E-state index contributed by atoms with van der Waals surface area (Å²) >= 11 is 0. The summed E-state index contributed by atoms with van der Waals surface area (Å²) in [6, 6.07) is 11.8. The molecule has 2 aromatic carbocycles. The molecule has 1 aromatic heterocycles. The Morgan fingerprint density at radius 3 is 2.31 bits per heavy atom. The molecule has 186 valence electrons. The fourth-order valence-corrected chi connectivity index (χ4v) is 3.60. The van der Waals surface area contributed by atoms with Gasteiger partial charge < -0.3 is 23.4 Å². The molecule has 3 aromatic rings. The van der Waals surface area contributed by atoms with Crippen molar-refractivity contribution in [2.75, 3.05) is 39.8 Å². The molecule has 0 atom stereocenters. The summed E-state index contributed by atoms with van der Waals surface area (Å²) in [5, 5.41) is 3.25. The fourth-order valence-electron chi connectivity index (χ4n) is 3.60. The molecule has 0 aliphatic carbocycles. The summed E-state index contributed by atoms with van der Waals surface area (Å²) in [6.45, 7) is 2.52. The Bertz CT molecular complexity index is 1230. The van der Waals surface area contributed by atoms with Gasteiger partial charge in [-0.3, -0.25) is 15.0 Å². The van der Waals surface area contributed by atoms with Gasteiger partial charge in [-0.25, -0.2) is 9.59 Å². The van der Waals surface area contributed by atoms with Gasteiger partial charge in [-0.1, -0.05) is 0 Å². The average Bonchev–Trinajstić information content (AvgIpc) is 2.83. The molecule has 0 saturated carbocycles. The van der Waals surface area contributed by atoms with Crippen LogP contribution in [-0.2, 0) is 27.4 Å². The SMILES string of the molecule is CCOC(=O)Nc1ccc2c(CN(CC(=O)OC)Cc3cc(OC)cc(OC)c3)cc(=O)oc2c1. The zero-order valence-electron chi connectivity index (χ0n) is 20.1. The largest absolute Gasteiger partial charge is 0.497 e. The zero-order valence-corrected chi connectivity index (χ0v) is 20.1. The second kappa shape index (κ2) is 11.9. The van der Waals surface area contributed by atoms with Gasteiger partial charge in [0.15, 0.2) is 0 Å². The standard InChI is InChI=1S/C25H28N2O8/c1-5-34-25(30)26-18-6-7-21-17(10-23(28)35-22(21)11-18)14-27(15-24(29)33-4)13-16-8-19(31-2)12-20(9-16)32-3/h6-12H,5,13-15H2,1-4H3,(H,26,30). The molecule has 0 aliphatic rings. The number of nitrogens with zero attached hydrogens (tertiary/aromatic N) is 1. The number of amides is 1. The van der Waals surface area contributed by atoms with E-state index in [1.54, 1.807) is 45.4 Å². The Labute approximate surface area is 202 Å². The smallest absolute Gasteiger partial charge is 0.411 e. The van der Waals surface area contributed by atoms with Crippen molar-refractivity contribution in [2.45, 2.75) is 20.0 Å². The van der Waals surface area contributed by atoms with Crippen molar-refractivity contribution in [3.8, 4) is 11.5 Å². The van der Waals surface area contributed by atoms with Crippen LogP contribution in [0.15, 0.2) is 51.7 Å². The quantitative estimate of drug-likeness (QED) is 0.341. The lowest BCUT2D eigenvalue weighted by Gasteiger charge is -2.22. The number of rotatable bonds is 10. The van der Waals surface area contributed by atoms with Crippen molar-refractivity contribution in [3.63, 3.8) is 0 Å². The van der Waals surface area contributed by atoms with Crippen LogP contribution in [-0.4, -0.2) is 51.4 Å². The number of carbonyl (C=O) groups is 2. The van der Waals surface area contributed by atoms with E-state index >= 15 is 0 Å². The van der Waals surface area contributed by atoms with Gasteiger partial charge >= 0.3 is 17.7 Å². The van der Waals surface area contributed by atoms with E-state index < -0.39 is 17.7 Å². The van der Waals surface area contributed by atoms with Crippen molar-refractivity contribution >= 4 is 28.7 Å². The first-order valence-corrected chi connectivity index (χ1v) is 10.9. The minimum atomic E-state index is -0.608. The summed E-state index contributed by atoms with van der Waals surface area (Å²) in [6.07, 6.45) is -0.608. The second-order valence-electron chi connectivity index (χ2n) is 7.59. The highest BCUT2D eigenvalue weighted by Crippen LogP contribution is 2.26. The maximum absolute atomic E-state index is 12.3. The number of hydrogen-bond acceptors (Lipinski definition) is 9. The highest BCUT2D eigenvalue weighted by Gasteiger charge is 2.17. The van der Waals surface area contributed by atoms with Gasteiger partial charge in [-0.05, 0) is 42.3 Å². The maximum atomic E-state index is 12.3. The average molecular weight is 485 g/mol. The van der Waals surface area contributed by atoms with Gasteiger partial charge in [-0.2, -0.15) is 0 Å². The lowest BCUT2D eigenvalue weighted by atomic mass is 10.1. The molecule has 3 rings (SSSR count). The van der Waals surface area contributed by atoms with Crippen LogP contribution in [0.3, 0.4) is 0 Å². The molecule has 1 amide bonds. The normalized spacial score (nSPS) is 10.8. The van der Waals surface area contributed by atoms with Crippen LogP contribution in [0.1, 0.15) is 18.1 Å². The second-order valence-corrected chi connectivity index (χ2v) is 7.59. The van der Waals surface area contributed by atoms with Crippen LogP contribution in [0.4, 0.5) is 10.5 Å². The van der Waals surface area contributed by atoms with E-state index in [-0.39, 0.29) is 19.7 Å². The number of ether oxygens (including phenoxy) is 4. The molecule has 10 nitrogen and oxygen atoms in total. The Morgan fingerprint density at radius 2 is 1.69 bits per heavy atom. The number of fused-ring (bicyclic) bond motifs is 1. The minimum absolute atomic E-state index is 0.0136. The third-order valence-electron chi connectivity index (χ3n) is 5.14. The first-order valence-electron chi connectivity index (χ1n) is 10.9. The third kappa shape index (κ3) is 6.97. The van der Waals surface area contributed by atoms with Gasteiger partial charge in [0.1, 0.15) is 17.1 Å². The number of benzene rings is 2. The van der Waals surface area contributed by atoms with Crippen molar-refractivity contribution in [1.29, 1.82) is 0 Å². The maximum Gasteiger partial charge on any atom is 0.411 e. The Kier molecular flexibility index (Phi) is 8.69. The van der Waals surface area contributed by atoms with E-state index in [1.807, 2.05) is 17.0 Å². The molecule has 10 heteroatoms. The topological polar surface area (TPSA) is 117 Å². The van der Waals surface area contributed by atoms with Gasteiger partial charge in [0, 0.05) is 42.4 Å². The molecule has 1 heterocycles. The van der Waals surface area contributed by atoms with Crippen LogP contribution in [0.2, 0.25) is 0 Å². The van der Waals surface area contributed by atoms with Crippen molar-refractivity contribution < 1.29 is 33.0 Å². The van der Waals surface area contributed by atoms with E-state index in [4.69, 9.17) is 23.4 Å². The molecular formula is C25H28N2O8. The first kappa shape index (κ1) is 25.6. The molecular weight excluding hydrogens is 456 g/mol. The minimum Gasteiger partial charge on any atom is -0.497 e. The number of carbonyl (C=O) groups excluding carboxylic acids is 2. The molecule has 1 N–H and O–H groups in total. The molecule has 35 heavy (non-hydrogen) atoms. The Morgan fingerprint density at radius 1 is 0.971 bits per heavy atom. The Balaban J connectivity index is 1.93. The molecule has 0 saturated heterocycles. The predicted molar refractivity (Wildman–Crippen MR) is 129 cm³/mol. The molecule has 0 spiro atoms. The fraction of sp³-hybridized carbons (Fsp3) is 0.320. The van der Waals surface area contributed by atoms with Crippen LogP contribution in [0.25, 0.3) is 11.0 Å². The molecule has 0 bridgehead atoms. The number of hydrogen-bond donors (Lipinski definition) is 1.